The number of hydrogen-bond donors (Lipinski definition) is 2. The molecule has 0 radical (unpaired) electrons. The Morgan fingerprint density at radius 1 is 1.39 bits per heavy atom. The third kappa shape index (κ3) is 6.03. The zero-order valence-corrected chi connectivity index (χ0v) is 11.4. The lowest BCUT2D eigenvalue weighted by Gasteiger charge is -2.14. The second-order valence-electron chi connectivity index (χ2n) is 4.44. The van der Waals surface area contributed by atoms with E-state index in [1.165, 1.54) is 5.56 Å². The summed E-state index contributed by atoms with van der Waals surface area (Å²) >= 11 is 5.94. The molecule has 4 heteroatoms. The van der Waals surface area contributed by atoms with E-state index in [9.17, 15) is 4.79 Å². The van der Waals surface area contributed by atoms with Gasteiger partial charge in [0.25, 0.3) is 0 Å². The highest BCUT2D eigenvalue weighted by molar-refractivity contribution is 6.30. The van der Waals surface area contributed by atoms with Crippen molar-refractivity contribution < 1.29 is 9.90 Å². The number of carboxylic acids is 1. The van der Waals surface area contributed by atoms with Gasteiger partial charge in [-0.3, -0.25) is 4.79 Å². The monoisotopic (exact) mass is 269 g/mol. The van der Waals surface area contributed by atoms with Crippen LogP contribution < -0.4 is 5.32 Å². The average molecular weight is 270 g/mol. The maximum atomic E-state index is 10.3. The summed E-state index contributed by atoms with van der Waals surface area (Å²) in [6.45, 7) is 3.00. The number of unbranched alkanes of at least 4 members (excludes halogenated alkanes) is 2. The second-order valence-corrected chi connectivity index (χ2v) is 4.87. The summed E-state index contributed by atoms with van der Waals surface area (Å²) in [6.07, 6.45) is 2.96. The van der Waals surface area contributed by atoms with Crippen molar-refractivity contribution >= 4 is 17.6 Å². The predicted molar refractivity (Wildman–Crippen MR) is 74.0 cm³/mol. The molecular weight excluding hydrogens is 250 g/mol. The lowest BCUT2D eigenvalue weighted by molar-refractivity contribution is -0.137. The number of halogens is 1. The Bertz CT molecular complexity index is 382. The molecule has 0 aliphatic rings. The van der Waals surface area contributed by atoms with Gasteiger partial charge >= 0.3 is 5.97 Å². The van der Waals surface area contributed by atoms with Gasteiger partial charge in [0.1, 0.15) is 0 Å². The first-order valence-electron chi connectivity index (χ1n) is 6.30. The van der Waals surface area contributed by atoms with Crippen LogP contribution in [0.3, 0.4) is 0 Å². The number of carboxylic acid groups (broad SMARTS) is 1. The minimum atomic E-state index is -0.713. The van der Waals surface area contributed by atoms with E-state index in [1.807, 2.05) is 24.3 Å². The third-order valence-electron chi connectivity index (χ3n) is 2.87. The van der Waals surface area contributed by atoms with Crippen molar-refractivity contribution in [3.05, 3.63) is 34.9 Å². The fourth-order valence-corrected chi connectivity index (χ4v) is 1.99. The first kappa shape index (κ1) is 15.0. The lowest BCUT2D eigenvalue weighted by Crippen LogP contribution is -2.19. The van der Waals surface area contributed by atoms with Crippen molar-refractivity contribution in [1.82, 2.24) is 5.32 Å². The van der Waals surface area contributed by atoms with Crippen LogP contribution in [-0.4, -0.2) is 17.6 Å². The van der Waals surface area contributed by atoms with Crippen LogP contribution in [-0.2, 0) is 4.79 Å². The maximum Gasteiger partial charge on any atom is 0.303 e. The number of carbonyl (C=O) groups is 1. The van der Waals surface area contributed by atoms with Gasteiger partial charge < -0.3 is 10.4 Å². The molecule has 1 aromatic carbocycles. The Morgan fingerprint density at radius 3 is 2.83 bits per heavy atom. The minimum Gasteiger partial charge on any atom is -0.481 e. The Labute approximate surface area is 113 Å². The number of aliphatic carboxylic acids is 1. The first-order valence-corrected chi connectivity index (χ1v) is 6.68. The SMILES string of the molecule is C[C@H](NCCCCCC(=O)O)c1cccc(Cl)c1. The van der Waals surface area contributed by atoms with Gasteiger partial charge in [-0.05, 0) is 44.0 Å². The van der Waals surface area contributed by atoms with Crippen LogP contribution in [0.4, 0.5) is 0 Å². The van der Waals surface area contributed by atoms with Crippen molar-refractivity contribution in [3.8, 4) is 0 Å². The van der Waals surface area contributed by atoms with Crippen molar-refractivity contribution in [2.24, 2.45) is 0 Å². The summed E-state index contributed by atoms with van der Waals surface area (Å²) < 4.78 is 0. The second kappa shape index (κ2) is 8.11. The molecule has 1 atom stereocenters. The van der Waals surface area contributed by atoms with Crippen LogP contribution >= 0.6 is 11.6 Å². The van der Waals surface area contributed by atoms with E-state index in [2.05, 4.69) is 12.2 Å². The molecule has 0 aromatic heterocycles. The van der Waals surface area contributed by atoms with E-state index in [4.69, 9.17) is 16.7 Å². The lowest BCUT2D eigenvalue weighted by atomic mass is 10.1. The molecule has 0 saturated carbocycles. The average Bonchev–Trinajstić information content (AvgIpc) is 2.33. The fourth-order valence-electron chi connectivity index (χ4n) is 1.79. The standard InChI is InChI=1S/C14H20ClNO2/c1-11(12-6-5-7-13(15)10-12)16-9-4-2-3-8-14(17)18/h5-7,10-11,16H,2-4,8-9H2,1H3,(H,17,18)/t11-/m0/s1. The quantitative estimate of drug-likeness (QED) is 0.709. The Kier molecular flexibility index (Phi) is 6.76. The summed E-state index contributed by atoms with van der Waals surface area (Å²) in [5.41, 5.74) is 1.17. The van der Waals surface area contributed by atoms with Gasteiger partial charge in [0, 0.05) is 17.5 Å². The summed E-state index contributed by atoms with van der Waals surface area (Å²) in [4.78, 5) is 10.3. The van der Waals surface area contributed by atoms with Gasteiger partial charge in [-0.1, -0.05) is 30.2 Å². The molecule has 0 amide bonds. The van der Waals surface area contributed by atoms with Gasteiger partial charge in [-0.2, -0.15) is 0 Å². The van der Waals surface area contributed by atoms with E-state index in [1.54, 1.807) is 0 Å². The van der Waals surface area contributed by atoms with Crippen molar-refractivity contribution in [3.63, 3.8) is 0 Å². The normalized spacial score (nSPS) is 12.3. The van der Waals surface area contributed by atoms with Crippen molar-refractivity contribution in [1.29, 1.82) is 0 Å². The molecule has 18 heavy (non-hydrogen) atoms. The minimum absolute atomic E-state index is 0.267. The van der Waals surface area contributed by atoms with Gasteiger partial charge in [0.2, 0.25) is 0 Å². The Balaban J connectivity index is 2.17. The Morgan fingerprint density at radius 2 is 2.17 bits per heavy atom. The highest BCUT2D eigenvalue weighted by atomic mass is 35.5. The van der Waals surface area contributed by atoms with E-state index in [-0.39, 0.29) is 12.5 Å². The fraction of sp³-hybridized carbons (Fsp3) is 0.500. The zero-order chi connectivity index (χ0) is 13.4. The van der Waals surface area contributed by atoms with Crippen LogP contribution in [0.25, 0.3) is 0 Å². The molecule has 0 saturated heterocycles. The molecule has 0 fully saturated rings. The highest BCUT2D eigenvalue weighted by Crippen LogP contribution is 2.17. The molecule has 0 heterocycles. The van der Waals surface area contributed by atoms with E-state index >= 15 is 0 Å². The first-order chi connectivity index (χ1) is 8.59. The predicted octanol–water partition coefficient (Wildman–Crippen LogP) is 3.64. The van der Waals surface area contributed by atoms with E-state index < -0.39 is 5.97 Å². The molecule has 1 aromatic rings. The highest BCUT2D eigenvalue weighted by Gasteiger charge is 2.04. The third-order valence-corrected chi connectivity index (χ3v) is 3.10. The number of hydrogen-bond acceptors (Lipinski definition) is 2. The molecule has 3 nitrogen and oxygen atoms in total. The topological polar surface area (TPSA) is 49.3 Å². The summed E-state index contributed by atoms with van der Waals surface area (Å²) in [6, 6.07) is 8.09. The number of benzene rings is 1. The molecular formula is C14H20ClNO2. The molecule has 100 valence electrons. The molecule has 1 rings (SSSR count). The number of nitrogens with one attached hydrogen (secondary N) is 1. The molecule has 0 aliphatic heterocycles. The number of rotatable bonds is 8. The van der Waals surface area contributed by atoms with Crippen LogP contribution in [0.2, 0.25) is 5.02 Å². The molecule has 2 N–H and O–H groups in total. The van der Waals surface area contributed by atoms with Gasteiger partial charge in [0.15, 0.2) is 0 Å². The van der Waals surface area contributed by atoms with Crippen LogP contribution in [0.1, 0.15) is 44.2 Å². The van der Waals surface area contributed by atoms with E-state index in [0.29, 0.717) is 0 Å². The smallest absolute Gasteiger partial charge is 0.303 e. The zero-order valence-electron chi connectivity index (χ0n) is 10.7. The summed E-state index contributed by atoms with van der Waals surface area (Å²) in [7, 11) is 0. The largest absolute Gasteiger partial charge is 0.481 e. The molecule has 0 aliphatic carbocycles. The summed E-state index contributed by atoms with van der Waals surface area (Å²) in [5.74, 6) is -0.713. The van der Waals surface area contributed by atoms with E-state index in [0.717, 1.165) is 30.8 Å². The van der Waals surface area contributed by atoms with Crippen molar-refractivity contribution in [2.45, 2.75) is 38.6 Å². The molecule has 0 unspecified atom stereocenters. The molecule has 0 bridgehead atoms. The van der Waals surface area contributed by atoms with Gasteiger partial charge in [-0.25, -0.2) is 0 Å². The van der Waals surface area contributed by atoms with Crippen LogP contribution in [0.5, 0.6) is 0 Å². The maximum absolute atomic E-state index is 10.3. The Hall–Kier alpha value is -1.06. The van der Waals surface area contributed by atoms with Gasteiger partial charge in [-0.15, -0.1) is 0 Å². The van der Waals surface area contributed by atoms with Crippen LogP contribution in [0.15, 0.2) is 24.3 Å². The van der Waals surface area contributed by atoms with Gasteiger partial charge in [0.05, 0.1) is 0 Å². The summed E-state index contributed by atoms with van der Waals surface area (Å²) in [5, 5.41) is 12.7. The van der Waals surface area contributed by atoms with Crippen LogP contribution in [0, 0.1) is 0 Å². The van der Waals surface area contributed by atoms with Crippen molar-refractivity contribution in [2.75, 3.05) is 6.54 Å². The molecule has 0 spiro atoms.